The topological polar surface area (TPSA) is 53.3 Å². The van der Waals surface area contributed by atoms with Crippen molar-refractivity contribution in [2.75, 3.05) is 13.2 Å². The zero-order chi connectivity index (χ0) is 15.1. The molecule has 0 fully saturated rings. The number of hydrogen-bond acceptors (Lipinski definition) is 4. The molecule has 0 aliphatic rings. The fourth-order valence-electron chi connectivity index (χ4n) is 1.81. The first-order valence-electron chi connectivity index (χ1n) is 6.56. The van der Waals surface area contributed by atoms with Crippen LogP contribution >= 0.6 is 0 Å². The molecule has 0 atom stereocenters. The van der Waals surface area contributed by atoms with E-state index in [1.54, 1.807) is 6.92 Å². The highest BCUT2D eigenvalue weighted by Crippen LogP contribution is 2.15. The summed E-state index contributed by atoms with van der Waals surface area (Å²) in [4.78, 5) is 13.4. The van der Waals surface area contributed by atoms with Gasteiger partial charge in [0.2, 0.25) is 0 Å². The van der Waals surface area contributed by atoms with Crippen LogP contribution in [0.4, 0.5) is 4.39 Å². The average molecular weight is 278 g/mol. The maximum atomic E-state index is 13.3. The van der Waals surface area contributed by atoms with E-state index in [1.807, 2.05) is 24.8 Å². The van der Waals surface area contributed by atoms with Crippen molar-refractivity contribution < 1.29 is 13.9 Å². The number of carbonyl (C=O) groups excluding carboxylic acids is 1. The normalized spacial score (nSPS) is 10.7. The van der Waals surface area contributed by atoms with Crippen LogP contribution in [0.2, 0.25) is 0 Å². The lowest BCUT2D eigenvalue weighted by Crippen LogP contribution is -2.36. The van der Waals surface area contributed by atoms with E-state index in [2.05, 4.69) is 0 Å². The monoisotopic (exact) mass is 278 g/mol. The Morgan fingerprint density at radius 2 is 2.20 bits per heavy atom. The first-order chi connectivity index (χ1) is 9.47. The molecule has 20 heavy (non-hydrogen) atoms. The Labute approximate surface area is 118 Å². The van der Waals surface area contributed by atoms with Crippen LogP contribution in [0.15, 0.2) is 18.2 Å². The summed E-state index contributed by atoms with van der Waals surface area (Å²) in [5, 5.41) is 9.04. The Bertz CT molecular complexity index is 509. The predicted octanol–water partition coefficient (Wildman–Crippen LogP) is 2.47. The van der Waals surface area contributed by atoms with Gasteiger partial charge in [-0.15, -0.1) is 0 Å². The summed E-state index contributed by atoms with van der Waals surface area (Å²) in [7, 11) is 0. The maximum Gasteiger partial charge on any atom is 0.320 e. The van der Waals surface area contributed by atoms with Gasteiger partial charge in [0, 0.05) is 12.6 Å². The Kier molecular flexibility index (Phi) is 6.13. The molecule has 108 valence electrons. The average Bonchev–Trinajstić information content (AvgIpc) is 2.38. The van der Waals surface area contributed by atoms with Gasteiger partial charge in [-0.05, 0) is 44.5 Å². The Balaban J connectivity index is 2.88. The van der Waals surface area contributed by atoms with E-state index < -0.39 is 0 Å². The molecule has 0 aliphatic heterocycles. The first-order valence-corrected chi connectivity index (χ1v) is 6.56. The second kappa shape index (κ2) is 7.61. The predicted molar refractivity (Wildman–Crippen MR) is 73.3 cm³/mol. The van der Waals surface area contributed by atoms with Crippen LogP contribution in [0, 0.1) is 17.1 Å². The summed E-state index contributed by atoms with van der Waals surface area (Å²) >= 11 is 0. The standard InChI is InChI=1S/C15H19FN2O2/c1-4-20-15(19)10-18(11(2)3)9-13-7-14(16)6-5-12(13)8-17/h5-7,11H,4,9-10H2,1-3H3. The number of nitrogens with zero attached hydrogens (tertiary/aromatic N) is 2. The van der Waals surface area contributed by atoms with Crippen molar-refractivity contribution in [3.63, 3.8) is 0 Å². The molecule has 0 amide bonds. The van der Waals surface area contributed by atoms with Crippen LogP contribution in [0.1, 0.15) is 31.9 Å². The van der Waals surface area contributed by atoms with Crippen molar-refractivity contribution in [2.24, 2.45) is 0 Å². The van der Waals surface area contributed by atoms with E-state index in [4.69, 9.17) is 10.00 Å². The zero-order valence-corrected chi connectivity index (χ0v) is 12.0. The summed E-state index contributed by atoms with van der Waals surface area (Å²) in [5.41, 5.74) is 0.992. The van der Waals surface area contributed by atoms with Gasteiger partial charge in [0.15, 0.2) is 0 Å². The summed E-state index contributed by atoms with van der Waals surface area (Å²) in [6, 6.07) is 6.16. The van der Waals surface area contributed by atoms with Crippen molar-refractivity contribution in [3.05, 3.63) is 35.1 Å². The highest BCUT2D eigenvalue weighted by atomic mass is 19.1. The first kappa shape index (κ1) is 16.1. The lowest BCUT2D eigenvalue weighted by molar-refractivity contribution is -0.145. The van der Waals surface area contributed by atoms with Crippen molar-refractivity contribution in [3.8, 4) is 6.07 Å². The molecule has 0 unspecified atom stereocenters. The number of halogens is 1. The molecule has 0 heterocycles. The van der Waals surface area contributed by atoms with Crippen molar-refractivity contribution in [1.29, 1.82) is 5.26 Å². The largest absolute Gasteiger partial charge is 0.465 e. The molecule has 4 nitrogen and oxygen atoms in total. The molecule has 0 aromatic heterocycles. The fourth-order valence-corrected chi connectivity index (χ4v) is 1.81. The minimum atomic E-state index is -0.390. The summed E-state index contributed by atoms with van der Waals surface area (Å²) in [6.45, 7) is 6.39. The molecule has 0 aliphatic carbocycles. The van der Waals surface area contributed by atoms with E-state index >= 15 is 0 Å². The number of rotatable bonds is 6. The van der Waals surface area contributed by atoms with E-state index in [0.717, 1.165) is 0 Å². The molecule has 1 aromatic rings. The molecule has 0 spiro atoms. The molecule has 0 saturated carbocycles. The third kappa shape index (κ3) is 4.63. The van der Waals surface area contributed by atoms with Crippen molar-refractivity contribution in [2.45, 2.75) is 33.4 Å². The van der Waals surface area contributed by atoms with Crippen LogP contribution in [-0.4, -0.2) is 30.1 Å². The molecule has 1 rings (SSSR count). The van der Waals surface area contributed by atoms with Crippen LogP contribution in [0.25, 0.3) is 0 Å². The van der Waals surface area contributed by atoms with Gasteiger partial charge in [-0.25, -0.2) is 4.39 Å². The number of benzene rings is 1. The Morgan fingerprint density at radius 1 is 1.50 bits per heavy atom. The number of ether oxygens (including phenoxy) is 1. The number of esters is 1. The summed E-state index contributed by atoms with van der Waals surface area (Å²) in [5.74, 6) is -0.713. The van der Waals surface area contributed by atoms with Crippen molar-refractivity contribution in [1.82, 2.24) is 4.90 Å². The van der Waals surface area contributed by atoms with Crippen LogP contribution in [-0.2, 0) is 16.1 Å². The Hall–Kier alpha value is -1.93. The lowest BCUT2D eigenvalue weighted by atomic mass is 10.1. The third-order valence-corrected chi connectivity index (χ3v) is 2.93. The highest BCUT2D eigenvalue weighted by Gasteiger charge is 2.17. The zero-order valence-electron chi connectivity index (χ0n) is 12.0. The lowest BCUT2D eigenvalue weighted by Gasteiger charge is -2.25. The third-order valence-electron chi connectivity index (χ3n) is 2.93. The van der Waals surface area contributed by atoms with Crippen LogP contribution in [0.5, 0.6) is 0 Å². The van der Waals surface area contributed by atoms with Gasteiger partial charge in [-0.3, -0.25) is 9.69 Å². The highest BCUT2D eigenvalue weighted by molar-refractivity contribution is 5.71. The van der Waals surface area contributed by atoms with Gasteiger partial charge in [-0.1, -0.05) is 0 Å². The molecule has 1 aromatic carbocycles. The van der Waals surface area contributed by atoms with Gasteiger partial charge in [-0.2, -0.15) is 5.26 Å². The molecule has 5 heteroatoms. The second-order valence-corrected chi connectivity index (χ2v) is 4.72. The van der Waals surface area contributed by atoms with Gasteiger partial charge < -0.3 is 4.74 Å². The molecule has 0 N–H and O–H groups in total. The van der Waals surface area contributed by atoms with Crippen molar-refractivity contribution >= 4 is 5.97 Å². The maximum absolute atomic E-state index is 13.3. The quantitative estimate of drug-likeness (QED) is 0.750. The van der Waals surface area contributed by atoms with Gasteiger partial charge >= 0.3 is 5.97 Å². The van der Waals surface area contributed by atoms with Gasteiger partial charge in [0.25, 0.3) is 0 Å². The van der Waals surface area contributed by atoms with Crippen LogP contribution < -0.4 is 0 Å². The minimum absolute atomic E-state index is 0.0780. The molecule has 0 radical (unpaired) electrons. The molecular formula is C15H19FN2O2. The Morgan fingerprint density at radius 3 is 2.75 bits per heavy atom. The van der Waals surface area contributed by atoms with E-state index in [0.29, 0.717) is 24.3 Å². The SMILES string of the molecule is CCOC(=O)CN(Cc1cc(F)ccc1C#N)C(C)C. The summed E-state index contributed by atoms with van der Waals surface area (Å²) in [6.07, 6.45) is 0. The molecule has 0 saturated heterocycles. The van der Waals surface area contributed by atoms with E-state index in [-0.39, 0.29) is 24.4 Å². The number of hydrogen-bond donors (Lipinski definition) is 0. The number of carbonyl (C=O) groups is 1. The van der Waals surface area contributed by atoms with E-state index in [1.165, 1.54) is 18.2 Å². The number of nitriles is 1. The fraction of sp³-hybridized carbons (Fsp3) is 0.467. The summed E-state index contributed by atoms with van der Waals surface area (Å²) < 4.78 is 18.2. The smallest absolute Gasteiger partial charge is 0.320 e. The second-order valence-electron chi connectivity index (χ2n) is 4.72. The minimum Gasteiger partial charge on any atom is -0.465 e. The van der Waals surface area contributed by atoms with Crippen LogP contribution in [0.3, 0.4) is 0 Å². The van der Waals surface area contributed by atoms with Gasteiger partial charge in [0.1, 0.15) is 5.82 Å². The molecular weight excluding hydrogens is 259 g/mol. The van der Waals surface area contributed by atoms with E-state index in [9.17, 15) is 9.18 Å². The molecule has 0 bridgehead atoms. The van der Waals surface area contributed by atoms with Gasteiger partial charge in [0.05, 0.1) is 24.8 Å².